The number of carbonyl (C=O) groups excluding carboxylic acids is 3. The molecule has 0 rings (SSSR count). The van der Waals surface area contributed by atoms with Crippen molar-refractivity contribution < 1.29 is 14.4 Å². The van der Waals surface area contributed by atoms with Crippen molar-refractivity contribution in [1.29, 1.82) is 0 Å². The van der Waals surface area contributed by atoms with E-state index in [1.807, 2.05) is 0 Å². The smallest absolute Gasteiger partial charge is 0.202 e. The highest BCUT2D eigenvalue weighted by atomic mass is 16.2. The Morgan fingerprint density at radius 2 is 1.89 bits per heavy atom. The van der Waals surface area contributed by atoms with Crippen LogP contribution in [-0.2, 0) is 14.4 Å². The molecule has 0 aromatic heterocycles. The van der Waals surface area contributed by atoms with Crippen molar-refractivity contribution in [2.24, 2.45) is 0 Å². The minimum absolute atomic E-state index is 0.126. The molecule has 0 aromatic rings. The topological polar surface area (TPSA) is 51.2 Å². The lowest BCUT2D eigenvalue weighted by Gasteiger charge is -1.82. The van der Waals surface area contributed by atoms with Gasteiger partial charge in [0.15, 0.2) is 12.1 Å². The van der Waals surface area contributed by atoms with Gasteiger partial charge in [-0.3, -0.25) is 14.4 Å². The fourth-order valence-electron chi connectivity index (χ4n) is 0.286. The quantitative estimate of drug-likeness (QED) is 0.229. The lowest BCUT2D eigenvalue weighted by Crippen LogP contribution is -2.05. The third kappa shape index (κ3) is 3.34. The van der Waals surface area contributed by atoms with Crippen LogP contribution in [0.1, 0.15) is 6.42 Å². The Bertz CT molecular complexity index is 140. The molecule has 0 aliphatic carbocycles. The highest BCUT2D eigenvalue weighted by Crippen LogP contribution is 1.82. The molecule has 0 amide bonds. The largest absolute Gasteiger partial charge is 0.295 e. The number of hydrogen-bond donors (Lipinski definition) is 0. The van der Waals surface area contributed by atoms with Crippen molar-refractivity contribution in [3.05, 3.63) is 12.7 Å². The molecule has 0 aliphatic heterocycles. The zero-order valence-electron chi connectivity index (χ0n) is 4.79. The molecule has 0 radical (unpaired) electrons. The maximum atomic E-state index is 10.3. The molecule has 0 N–H and O–H groups in total. The van der Waals surface area contributed by atoms with Gasteiger partial charge in [-0.25, -0.2) is 0 Å². The fourth-order valence-corrected chi connectivity index (χ4v) is 0.286. The van der Waals surface area contributed by atoms with E-state index in [9.17, 15) is 14.4 Å². The SMILES string of the molecule is C=CC(=O)CC(=O)C=O. The standard InChI is InChI=1S/C6H6O3/c1-2-5(8)3-6(9)4-7/h2,4H,1,3H2. The zero-order valence-corrected chi connectivity index (χ0v) is 4.79. The van der Waals surface area contributed by atoms with Gasteiger partial charge in [-0.05, 0) is 6.08 Å². The fraction of sp³-hybridized carbons (Fsp3) is 0.167. The van der Waals surface area contributed by atoms with Crippen molar-refractivity contribution in [2.45, 2.75) is 6.42 Å². The van der Waals surface area contributed by atoms with Gasteiger partial charge in [0, 0.05) is 0 Å². The van der Waals surface area contributed by atoms with E-state index in [0.717, 1.165) is 6.08 Å². The number of rotatable bonds is 4. The number of aldehydes is 1. The minimum atomic E-state index is -0.708. The van der Waals surface area contributed by atoms with E-state index in [1.165, 1.54) is 0 Å². The van der Waals surface area contributed by atoms with Gasteiger partial charge in [0.2, 0.25) is 5.78 Å². The lowest BCUT2D eigenvalue weighted by atomic mass is 10.2. The summed E-state index contributed by atoms with van der Waals surface area (Å²) in [6.45, 7) is 3.13. The summed E-state index contributed by atoms with van der Waals surface area (Å²) in [5.41, 5.74) is 0. The van der Waals surface area contributed by atoms with Crippen LogP contribution in [0.2, 0.25) is 0 Å². The number of allylic oxidation sites excluding steroid dienone is 1. The van der Waals surface area contributed by atoms with Crippen LogP contribution in [0.4, 0.5) is 0 Å². The molecule has 0 spiro atoms. The lowest BCUT2D eigenvalue weighted by molar-refractivity contribution is -0.132. The summed E-state index contributed by atoms with van der Waals surface area (Å²) in [7, 11) is 0. The third-order valence-corrected chi connectivity index (χ3v) is 0.708. The van der Waals surface area contributed by atoms with Crippen LogP contribution in [0.15, 0.2) is 12.7 Å². The maximum Gasteiger partial charge on any atom is 0.202 e. The number of ketones is 2. The van der Waals surface area contributed by atoms with E-state index < -0.39 is 11.6 Å². The Balaban J connectivity index is 3.73. The van der Waals surface area contributed by atoms with Gasteiger partial charge in [0.05, 0.1) is 6.42 Å². The molecular weight excluding hydrogens is 120 g/mol. The first kappa shape index (κ1) is 7.75. The molecule has 48 valence electrons. The molecule has 0 atom stereocenters. The Morgan fingerprint density at radius 3 is 2.22 bits per heavy atom. The second-order valence-corrected chi connectivity index (χ2v) is 1.43. The first-order valence-electron chi connectivity index (χ1n) is 2.34. The number of Topliss-reactive ketones (excluding diaryl/α,β-unsaturated/α-hetero) is 1. The summed E-state index contributed by atoms with van der Waals surface area (Å²) >= 11 is 0. The summed E-state index contributed by atoms with van der Waals surface area (Å²) in [5.74, 6) is -1.13. The van der Waals surface area contributed by atoms with Crippen molar-refractivity contribution in [3.63, 3.8) is 0 Å². The van der Waals surface area contributed by atoms with Gasteiger partial charge in [-0.15, -0.1) is 0 Å². The minimum Gasteiger partial charge on any atom is -0.295 e. The molecule has 0 heterocycles. The predicted molar refractivity (Wildman–Crippen MR) is 30.9 cm³/mol. The van der Waals surface area contributed by atoms with Gasteiger partial charge in [-0.2, -0.15) is 0 Å². The Labute approximate surface area is 52.4 Å². The average Bonchev–Trinajstić information content (AvgIpc) is 1.87. The van der Waals surface area contributed by atoms with E-state index in [-0.39, 0.29) is 12.7 Å². The predicted octanol–water partition coefficient (Wildman–Crippen LogP) is -0.100. The Hall–Kier alpha value is -1.25. The molecule has 0 saturated heterocycles. The first-order valence-corrected chi connectivity index (χ1v) is 2.34. The van der Waals surface area contributed by atoms with E-state index in [4.69, 9.17) is 0 Å². The third-order valence-electron chi connectivity index (χ3n) is 0.708. The Morgan fingerprint density at radius 1 is 1.33 bits per heavy atom. The van der Waals surface area contributed by atoms with E-state index >= 15 is 0 Å². The van der Waals surface area contributed by atoms with Crippen LogP contribution in [0.5, 0.6) is 0 Å². The number of carbonyl (C=O) groups is 3. The molecule has 0 aliphatic rings. The van der Waals surface area contributed by atoms with Crippen LogP contribution in [0, 0.1) is 0 Å². The monoisotopic (exact) mass is 126 g/mol. The molecule has 3 nitrogen and oxygen atoms in total. The van der Waals surface area contributed by atoms with Gasteiger partial charge >= 0.3 is 0 Å². The summed E-state index contributed by atoms with van der Waals surface area (Å²) in [4.78, 5) is 30.0. The van der Waals surface area contributed by atoms with Crippen molar-refractivity contribution in [3.8, 4) is 0 Å². The van der Waals surface area contributed by atoms with Gasteiger partial charge in [0.25, 0.3) is 0 Å². The zero-order chi connectivity index (χ0) is 7.28. The van der Waals surface area contributed by atoms with E-state index in [2.05, 4.69) is 6.58 Å². The van der Waals surface area contributed by atoms with E-state index in [1.54, 1.807) is 0 Å². The van der Waals surface area contributed by atoms with Gasteiger partial charge < -0.3 is 0 Å². The van der Waals surface area contributed by atoms with Crippen molar-refractivity contribution in [2.75, 3.05) is 0 Å². The van der Waals surface area contributed by atoms with Crippen LogP contribution in [-0.4, -0.2) is 17.9 Å². The van der Waals surface area contributed by atoms with Crippen LogP contribution < -0.4 is 0 Å². The molecule has 0 aromatic carbocycles. The van der Waals surface area contributed by atoms with Crippen molar-refractivity contribution in [1.82, 2.24) is 0 Å². The second kappa shape index (κ2) is 3.72. The molecule has 9 heavy (non-hydrogen) atoms. The maximum absolute atomic E-state index is 10.3. The van der Waals surface area contributed by atoms with Gasteiger partial charge in [0.1, 0.15) is 0 Å². The molecule has 0 fully saturated rings. The van der Waals surface area contributed by atoms with Crippen LogP contribution in [0.25, 0.3) is 0 Å². The highest BCUT2D eigenvalue weighted by Gasteiger charge is 2.02. The summed E-state index contributed by atoms with van der Waals surface area (Å²) in [6, 6.07) is 0. The highest BCUT2D eigenvalue weighted by molar-refractivity contribution is 6.30. The summed E-state index contributed by atoms with van der Waals surface area (Å²) in [6.07, 6.45) is 0.787. The van der Waals surface area contributed by atoms with Gasteiger partial charge in [-0.1, -0.05) is 6.58 Å². The normalized spacial score (nSPS) is 8.00. The number of hydrogen-bond acceptors (Lipinski definition) is 3. The van der Waals surface area contributed by atoms with E-state index in [0.29, 0.717) is 0 Å². The molecular formula is C6H6O3. The molecule has 0 saturated carbocycles. The van der Waals surface area contributed by atoms with Crippen LogP contribution in [0.3, 0.4) is 0 Å². The first-order chi connectivity index (χ1) is 4.20. The van der Waals surface area contributed by atoms with Crippen molar-refractivity contribution >= 4 is 17.9 Å². The summed E-state index contributed by atoms with van der Waals surface area (Å²) in [5, 5.41) is 0. The second-order valence-electron chi connectivity index (χ2n) is 1.43. The average molecular weight is 126 g/mol. The molecule has 0 unspecified atom stereocenters. The van der Waals surface area contributed by atoms with Crippen LogP contribution >= 0.6 is 0 Å². The molecule has 0 bridgehead atoms. The summed E-state index contributed by atoms with van der Waals surface area (Å²) < 4.78 is 0. The Kier molecular flexibility index (Phi) is 3.20. The molecule has 3 heteroatoms.